The van der Waals surface area contributed by atoms with Crippen molar-refractivity contribution in [2.45, 2.75) is 18.9 Å². The van der Waals surface area contributed by atoms with Gasteiger partial charge in [-0.05, 0) is 30.4 Å². The molecule has 1 aromatic rings. The minimum Gasteiger partial charge on any atom is -0.472 e. The lowest BCUT2D eigenvalue weighted by Gasteiger charge is -2.16. The molecular formula is C10H15NO3S. The molecule has 5 heteroatoms. The lowest BCUT2D eigenvalue weighted by Crippen LogP contribution is -2.32. The van der Waals surface area contributed by atoms with Gasteiger partial charge in [-0.25, -0.2) is 8.42 Å². The number of hydrogen-bond acceptors (Lipinski definition) is 4. The van der Waals surface area contributed by atoms with Gasteiger partial charge in [0.05, 0.1) is 24.0 Å². The maximum absolute atomic E-state index is 11.3. The molecule has 0 spiro atoms. The fraction of sp³-hybridized carbons (Fsp3) is 0.600. The van der Waals surface area contributed by atoms with E-state index in [0.29, 0.717) is 12.8 Å². The van der Waals surface area contributed by atoms with E-state index in [9.17, 15) is 8.42 Å². The second-order valence-electron chi connectivity index (χ2n) is 4.16. The normalized spacial score (nSPS) is 26.6. The van der Waals surface area contributed by atoms with Crippen LogP contribution < -0.4 is 5.73 Å². The molecule has 4 nitrogen and oxygen atoms in total. The van der Waals surface area contributed by atoms with Gasteiger partial charge in [-0.2, -0.15) is 0 Å². The highest BCUT2D eigenvalue weighted by Gasteiger charge is 2.31. The molecule has 0 saturated carbocycles. The number of rotatable bonds is 3. The van der Waals surface area contributed by atoms with E-state index in [1.807, 2.05) is 6.07 Å². The quantitative estimate of drug-likeness (QED) is 0.823. The first-order chi connectivity index (χ1) is 7.07. The van der Waals surface area contributed by atoms with Crippen LogP contribution in [0.2, 0.25) is 0 Å². The van der Waals surface area contributed by atoms with Gasteiger partial charge in [0.25, 0.3) is 0 Å². The maximum atomic E-state index is 11.3. The third kappa shape index (κ3) is 2.60. The van der Waals surface area contributed by atoms with E-state index < -0.39 is 9.84 Å². The largest absolute Gasteiger partial charge is 0.472 e. The van der Waals surface area contributed by atoms with Gasteiger partial charge in [-0.15, -0.1) is 0 Å². The van der Waals surface area contributed by atoms with E-state index in [2.05, 4.69) is 0 Å². The predicted octanol–water partition coefficient (Wildman–Crippen LogP) is 0.584. The minimum atomic E-state index is -2.82. The molecule has 0 aliphatic carbocycles. The summed E-state index contributed by atoms with van der Waals surface area (Å²) in [6, 6.07) is 1.78. The molecule has 2 N–H and O–H groups in total. The van der Waals surface area contributed by atoms with Crippen LogP contribution in [0.5, 0.6) is 0 Å². The summed E-state index contributed by atoms with van der Waals surface area (Å²) in [5, 5.41) is 0. The van der Waals surface area contributed by atoms with Crippen LogP contribution in [0.15, 0.2) is 23.0 Å². The van der Waals surface area contributed by atoms with Crippen LogP contribution in [0, 0.1) is 5.92 Å². The first-order valence-corrected chi connectivity index (χ1v) is 6.86. The van der Waals surface area contributed by atoms with Gasteiger partial charge in [-0.3, -0.25) is 0 Å². The van der Waals surface area contributed by atoms with Crippen molar-refractivity contribution < 1.29 is 12.8 Å². The maximum Gasteiger partial charge on any atom is 0.150 e. The Balaban J connectivity index is 1.95. The van der Waals surface area contributed by atoms with E-state index in [-0.39, 0.29) is 23.5 Å². The molecule has 2 rings (SSSR count). The van der Waals surface area contributed by atoms with Gasteiger partial charge in [0, 0.05) is 6.04 Å². The molecule has 1 aliphatic rings. The Morgan fingerprint density at radius 1 is 1.60 bits per heavy atom. The van der Waals surface area contributed by atoms with Gasteiger partial charge in [0.1, 0.15) is 0 Å². The molecule has 2 heterocycles. The molecular weight excluding hydrogens is 214 g/mol. The van der Waals surface area contributed by atoms with Crippen LogP contribution in [-0.4, -0.2) is 26.0 Å². The Morgan fingerprint density at radius 3 is 2.93 bits per heavy atom. The van der Waals surface area contributed by atoms with Gasteiger partial charge >= 0.3 is 0 Å². The van der Waals surface area contributed by atoms with Crippen molar-refractivity contribution in [3.63, 3.8) is 0 Å². The molecule has 2 unspecified atom stereocenters. The number of furan rings is 1. The first-order valence-electron chi connectivity index (χ1n) is 5.04. The molecule has 1 aliphatic heterocycles. The standard InChI is InChI=1S/C10H15NO3S/c11-10(5-8-1-3-14-6-8)9-2-4-15(12,13)7-9/h1,3,6,9-10H,2,4-5,7,11H2. The van der Waals surface area contributed by atoms with Crippen LogP contribution in [-0.2, 0) is 16.3 Å². The lowest BCUT2D eigenvalue weighted by molar-refractivity contribution is 0.458. The van der Waals surface area contributed by atoms with Crippen LogP contribution in [0.25, 0.3) is 0 Å². The zero-order chi connectivity index (χ0) is 10.9. The first kappa shape index (κ1) is 10.7. The molecule has 0 radical (unpaired) electrons. The van der Waals surface area contributed by atoms with Gasteiger partial charge in [0.2, 0.25) is 0 Å². The summed E-state index contributed by atoms with van der Waals surface area (Å²) in [5.74, 6) is 0.632. The molecule has 2 atom stereocenters. The Kier molecular flexibility index (Phi) is 2.84. The molecule has 1 aromatic heterocycles. The third-order valence-electron chi connectivity index (χ3n) is 2.92. The molecule has 0 aromatic carbocycles. The summed E-state index contributed by atoms with van der Waals surface area (Å²) >= 11 is 0. The zero-order valence-corrected chi connectivity index (χ0v) is 9.24. The summed E-state index contributed by atoms with van der Waals surface area (Å²) in [6.45, 7) is 0. The number of hydrogen-bond donors (Lipinski definition) is 1. The van der Waals surface area contributed by atoms with Crippen molar-refractivity contribution in [2.24, 2.45) is 11.7 Å². The third-order valence-corrected chi connectivity index (χ3v) is 4.72. The van der Waals surface area contributed by atoms with Crippen molar-refractivity contribution in [3.8, 4) is 0 Å². The van der Waals surface area contributed by atoms with Crippen molar-refractivity contribution in [1.82, 2.24) is 0 Å². The van der Waals surface area contributed by atoms with E-state index in [1.54, 1.807) is 12.5 Å². The smallest absolute Gasteiger partial charge is 0.150 e. The van der Waals surface area contributed by atoms with E-state index in [4.69, 9.17) is 10.2 Å². The highest BCUT2D eigenvalue weighted by molar-refractivity contribution is 7.91. The van der Waals surface area contributed by atoms with Gasteiger partial charge in [-0.1, -0.05) is 0 Å². The van der Waals surface area contributed by atoms with Crippen LogP contribution >= 0.6 is 0 Å². The fourth-order valence-electron chi connectivity index (χ4n) is 2.01. The van der Waals surface area contributed by atoms with Crippen molar-refractivity contribution in [2.75, 3.05) is 11.5 Å². The van der Waals surface area contributed by atoms with Gasteiger partial charge < -0.3 is 10.2 Å². The topological polar surface area (TPSA) is 73.3 Å². The van der Waals surface area contributed by atoms with E-state index >= 15 is 0 Å². The Hall–Kier alpha value is -0.810. The summed E-state index contributed by atoms with van der Waals surface area (Å²) in [7, 11) is -2.82. The van der Waals surface area contributed by atoms with E-state index in [0.717, 1.165) is 5.56 Å². The zero-order valence-electron chi connectivity index (χ0n) is 8.43. The summed E-state index contributed by atoms with van der Waals surface area (Å²) < 4.78 is 27.5. The lowest BCUT2D eigenvalue weighted by atomic mass is 9.95. The number of nitrogens with two attached hydrogens (primary N) is 1. The van der Waals surface area contributed by atoms with Crippen molar-refractivity contribution in [1.29, 1.82) is 0 Å². The molecule has 0 amide bonds. The Bertz CT molecular complexity index is 410. The SMILES string of the molecule is NC(Cc1ccoc1)C1CCS(=O)(=O)C1. The highest BCUT2D eigenvalue weighted by atomic mass is 32.2. The number of sulfone groups is 1. The predicted molar refractivity (Wildman–Crippen MR) is 57.1 cm³/mol. The van der Waals surface area contributed by atoms with Crippen molar-refractivity contribution >= 4 is 9.84 Å². The second kappa shape index (κ2) is 3.98. The molecule has 15 heavy (non-hydrogen) atoms. The fourth-order valence-corrected chi connectivity index (χ4v) is 3.90. The van der Waals surface area contributed by atoms with Crippen LogP contribution in [0.4, 0.5) is 0 Å². The molecule has 1 saturated heterocycles. The average Bonchev–Trinajstić information content (AvgIpc) is 2.74. The average molecular weight is 229 g/mol. The summed E-state index contributed by atoms with van der Waals surface area (Å²) in [5.41, 5.74) is 7.02. The minimum absolute atomic E-state index is 0.0834. The monoisotopic (exact) mass is 229 g/mol. The van der Waals surface area contributed by atoms with Gasteiger partial charge in [0.15, 0.2) is 9.84 Å². The molecule has 84 valence electrons. The Labute approximate surface area is 89.4 Å². The molecule has 0 bridgehead atoms. The van der Waals surface area contributed by atoms with E-state index in [1.165, 1.54) is 0 Å². The Morgan fingerprint density at radius 2 is 2.40 bits per heavy atom. The van der Waals surface area contributed by atoms with Crippen LogP contribution in [0.3, 0.4) is 0 Å². The highest BCUT2D eigenvalue weighted by Crippen LogP contribution is 2.22. The summed E-state index contributed by atoms with van der Waals surface area (Å²) in [6.07, 6.45) is 4.65. The summed E-state index contributed by atoms with van der Waals surface area (Å²) in [4.78, 5) is 0. The second-order valence-corrected chi connectivity index (χ2v) is 6.39. The molecule has 1 fully saturated rings. The van der Waals surface area contributed by atoms with Crippen molar-refractivity contribution in [3.05, 3.63) is 24.2 Å². The van der Waals surface area contributed by atoms with Crippen LogP contribution in [0.1, 0.15) is 12.0 Å².